The summed E-state index contributed by atoms with van der Waals surface area (Å²) >= 11 is 0. The number of ketones is 1. The number of ether oxygens (including phenoxy) is 2. The summed E-state index contributed by atoms with van der Waals surface area (Å²) in [5, 5.41) is 42.0. The molecule has 0 saturated heterocycles. The number of carbonyl (C=O) groups is 11. The van der Waals surface area contributed by atoms with Crippen LogP contribution in [0.2, 0.25) is 0 Å². The van der Waals surface area contributed by atoms with Crippen molar-refractivity contribution >= 4 is 65.0 Å². The number of hydrogen-bond acceptors (Lipinski definition) is 15. The molecule has 14 atom stereocenters. The van der Waals surface area contributed by atoms with Crippen molar-refractivity contribution in [2.45, 2.75) is 236 Å². The van der Waals surface area contributed by atoms with Crippen LogP contribution in [0.25, 0.3) is 0 Å². The Hall–Kier alpha value is -5.75. The number of hydrogen-bond donors (Lipinski definition) is 7. The first-order valence-electron chi connectivity index (χ1n) is 29.4. The van der Waals surface area contributed by atoms with Gasteiger partial charge in [0, 0.05) is 47.6 Å². The monoisotopic (exact) mass is 1180 g/mol. The number of aliphatic hydroxyl groups excluding tert-OH is 2. The van der Waals surface area contributed by atoms with E-state index in [2.05, 4.69) is 21.3 Å². The molecule has 0 aromatic heterocycles. The number of nitrogens with zero attached hydrogens (tertiary/aromatic N) is 4. The maximum absolute atomic E-state index is 14.5. The molecule has 0 aliphatic rings. The summed E-state index contributed by atoms with van der Waals surface area (Å²) in [4.78, 5) is 155. The van der Waals surface area contributed by atoms with Crippen LogP contribution < -0.4 is 21.3 Å². The second-order valence-electron chi connectivity index (χ2n) is 24.6. The van der Waals surface area contributed by atoms with Crippen LogP contribution in [-0.2, 0) is 62.2 Å². The average Bonchev–Trinajstić information content (AvgIpc) is 3.55. The predicted molar refractivity (Wildman–Crippen MR) is 312 cm³/mol. The van der Waals surface area contributed by atoms with Crippen molar-refractivity contribution in [2.75, 3.05) is 34.8 Å². The van der Waals surface area contributed by atoms with E-state index in [1.165, 1.54) is 58.6 Å². The summed E-state index contributed by atoms with van der Waals surface area (Å²) in [5.74, 6) is -10.6. The summed E-state index contributed by atoms with van der Waals surface area (Å²) in [6.07, 6.45) is -4.39. The van der Waals surface area contributed by atoms with Gasteiger partial charge in [0.25, 0.3) is 5.91 Å². The number of carboxylic acid groups (broad SMARTS) is 1. The number of esters is 1. The Morgan fingerprint density at radius 1 is 0.518 bits per heavy atom. The Morgan fingerprint density at radius 2 is 1.00 bits per heavy atom. The molecule has 0 spiro atoms. The van der Waals surface area contributed by atoms with Gasteiger partial charge in [0.2, 0.25) is 41.4 Å². The number of carbonyl (C=O) groups excluding carboxylic acids is 10. The third kappa shape index (κ3) is 24.4. The van der Waals surface area contributed by atoms with E-state index in [-0.39, 0.29) is 55.3 Å². The van der Waals surface area contributed by atoms with E-state index in [0.29, 0.717) is 12.8 Å². The van der Waals surface area contributed by atoms with E-state index in [1.807, 2.05) is 55.4 Å². The topological polar surface area (TPSA) is 328 Å². The first-order chi connectivity index (χ1) is 38.2. The highest BCUT2D eigenvalue weighted by Crippen LogP contribution is 2.22. The van der Waals surface area contributed by atoms with Crippen LogP contribution >= 0.6 is 0 Å². The van der Waals surface area contributed by atoms with Crippen molar-refractivity contribution in [1.29, 1.82) is 0 Å². The minimum atomic E-state index is -1.65. The second-order valence-corrected chi connectivity index (χ2v) is 24.6. The molecule has 0 bridgehead atoms. The first kappa shape index (κ1) is 77.2. The molecule has 83 heavy (non-hydrogen) atoms. The summed E-state index contributed by atoms with van der Waals surface area (Å²) in [6, 6.07) is -9.86. The molecule has 0 rings (SSSR count). The van der Waals surface area contributed by atoms with Crippen LogP contribution in [-0.4, -0.2) is 207 Å². The molecule has 4 unspecified atom stereocenters. The smallest absolute Gasteiger partial charge is 0.336 e. The molecule has 0 radical (unpaired) electrons. The molecule has 0 heterocycles. The summed E-state index contributed by atoms with van der Waals surface area (Å²) in [5.41, 5.74) is 0. The van der Waals surface area contributed by atoms with Gasteiger partial charge >= 0.3 is 11.9 Å². The Labute approximate surface area is 494 Å². The highest BCUT2D eigenvalue weighted by Gasteiger charge is 2.42. The van der Waals surface area contributed by atoms with Gasteiger partial charge in [0.05, 0.1) is 18.2 Å². The fourth-order valence-electron chi connectivity index (χ4n) is 9.43. The molecule has 0 aliphatic carbocycles. The van der Waals surface area contributed by atoms with Crippen LogP contribution in [0.4, 0.5) is 0 Å². The lowest BCUT2D eigenvalue weighted by Gasteiger charge is -2.37. The molecule has 0 aliphatic heterocycles. The Bertz CT molecular complexity index is 2170. The van der Waals surface area contributed by atoms with Crippen LogP contribution in [0.15, 0.2) is 0 Å². The van der Waals surface area contributed by atoms with Gasteiger partial charge in [0.15, 0.2) is 24.0 Å². The summed E-state index contributed by atoms with van der Waals surface area (Å²) in [7, 11) is 5.62. The molecule has 0 aromatic carbocycles. The van der Waals surface area contributed by atoms with E-state index in [4.69, 9.17) is 9.47 Å². The molecule has 0 saturated carbocycles. The van der Waals surface area contributed by atoms with E-state index in [1.54, 1.807) is 48.6 Å². The minimum Gasteiger partial charge on any atom is -0.480 e. The maximum atomic E-state index is 14.5. The molecule has 24 nitrogen and oxygen atoms in total. The molecule has 7 N–H and O–H groups in total. The molecule has 478 valence electrons. The van der Waals surface area contributed by atoms with Crippen LogP contribution in [0.1, 0.15) is 163 Å². The average molecular weight is 1180 g/mol. The van der Waals surface area contributed by atoms with Crippen molar-refractivity contribution in [3.8, 4) is 0 Å². The number of rotatable bonds is 37. The Morgan fingerprint density at radius 3 is 1.45 bits per heavy atom. The molecular formula is C59H106N8O16. The minimum absolute atomic E-state index is 0.0760. The zero-order valence-corrected chi connectivity index (χ0v) is 53.9. The van der Waals surface area contributed by atoms with Gasteiger partial charge in [-0.15, -0.1) is 0 Å². The lowest BCUT2D eigenvalue weighted by Crippen LogP contribution is -2.63. The van der Waals surface area contributed by atoms with Crippen LogP contribution in [0, 0.1) is 41.4 Å². The zero-order valence-electron chi connectivity index (χ0n) is 53.9. The van der Waals surface area contributed by atoms with Gasteiger partial charge in [-0.3, -0.25) is 43.2 Å². The number of likely N-dealkylation sites (N-methyl/N-ethyl adjacent to an activating group) is 3. The van der Waals surface area contributed by atoms with Gasteiger partial charge < -0.3 is 65.7 Å². The van der Waals surface area contributed by atoms with Crippen molar-refractivity contribution in [1.82, 2.24) is 40.9 Å². The zero-order chi connectivity index (χ0) is 64.8. The number of aliphatic carboxylic acids is 1. The summed E-state index contributed by atoms with van der Waals surface area (Å²) < 4.78 is 11.2. The standard InChI is InChI=1S/C59H106N8O16/c1-23-35(13)41(64(19)40(18)69)28-46(71)61-49(58(79)80)39(17)82-29-44(70)42(25-30(3)4)65(20)55(76)37(15)60-54(75)50(33(9)10)67(22)57(78)48(38(16)68)63-52(73)43(26-31(5)6)66(21)56(77)47(36(14)24-2)62-53(74)45(27-32(7)8)83-59(81)51(72)34(11)12/h30-39,41-43,45,47-51,68,72H,23-29H2,1-22H3,(H,60,75)(H,61,71)(H,62,74)(H,63,73)(H,79,80)/t35?,36-,37-,38+,39?,41?,42-,43-,45-,47-,48-,49?,50-,51-/m0/s1. The van der Waals surface area contributed by atoms with Gasteiger partial charge in [-0.2, -0.15) is 0 Å². The maximum Gasteiger partial charge on any atom is 0.336 e. The predicted octanol–water partition coefficient (Wildman–Crippen LogP) is 2.92. The van der Waals surface area contributed by atoms with E-state index < -0.39 is 156 Å². The highest BCUT2D eigenvalue weighted by molar-refractivity contribution is 5.98. The lowest BCUT2D eigenvalue weighted by molar-refractivity contribution is -0.167. The van der Waals surface area contributed by atoms with Crippen molar-refractivity contribution < 1.29 is 77.5 Å². The van der Waals surface area contributed by atoms with E-state index >= 15 is 0 Å². The third-order valence-corrected chi connectivity index (χ3v) is 15.3. The largest absolute Gasteiger partial charge is 0.480 e. The number of nitrogens with one attached hydrogen (secondary N) is 4. The van der Waals surface area contributed by atoms with Gasteiger partial charge in [-0.25, -0.2) is 9.59 Å². The molecular weight excluding hydrogens is 1080 g/mol. The van der Waals surface area contributed by atoms with Crippen LogP contribution in [0.3, 0.4) is 0 Å². The normalized spacial score (nSPS) is 16.8. The summed E-state index contributed by atoms with van der Waals surface area (Å²) in [6.45, 7) is 29.5. The van der Waals surface area contributed by atoms with Gasteiger partial charge in [-0.1, -0.05) is 110 Å². The van der Waals surface area contributed by atoms with Crippen molar-refractivity contribution in [2.24, 2.45) is 41.4 Å². The number of Topliss-reactive ketones (excluding diaryl/α,β-unsaturated/α-hetero) is 1. The molecule has 0 fully saturated rings. The number of amides is 8. The first-order valence-corrected chi connectivity index (χ1v) is 29.4. The van der Waals surface area contributed by atoms with Gasteiger partial charge in [0.1, 0.15) is 36.8 Å². The number of aliphatic hydroxyl groups is 2. The fourth-order valence-corrected chi connectivity index (χ4v) is 9.43. The van der Waals surface area contributed by atoms with Gasteiger partial charge in [-0.05, 0) is 81.5 Å². The van der Waals surface area contributed by atoms with E-state index in [9.17, 15) is 68.1 Å². The van der Waals surface area contributed by atoms with E-state index in [0.717, 1.165) is 9.80 Å². The quantitative estimate of drug-likeness (QED) is 0.0440. The van der Waals surface area contributed by atoms with Crippen molar-refractivity contribution in [3.63, 3.8) is 0 Å². The highest BCUT2D eigenvalue weighted by atomic mass is 16.6. The Balaban J connectivity index is 6.58. The second kappa shape index (κ2) is 36.2. The lowest BCUT2D eigenvalue weighted by atomic mass is 9.94. The fraction of sp³-hybridized carbons (Fsp3) is 0.814. The van der Waals surface area contributed by atoms with Crippen LogP contribution in [0.5, 0.6) is 0 Å². The Kier molecular flexibility index (Phi) is 33.7. The molecule has 24 heteroatoms. The molecule has 8 amide bonds. The SMILES string of the molecule is CCC(C)C(CC(=O)NC(C(=O)O)C(C)OCC(=O)[C@H](CC(C)C)N(C)C(=O)[C@H](C)NC(=O)[C@H](C(C)C)N(C)C(=O)[C@@H](NC(=O)[C@H](CC(C)C)N(C)C(=O)[C@@H](NC(=O)[C@H](CC(C)C)OC(=O)[C@@H](O)C(C)C)[C@@H](C)CC)[C@@H](C)O)N(C)C(C)=O. The third-order valence-electron chi connectivity index (χ3n) is 15.3. The number of carboxylic acids is 1. The van der Waals surface area contributed by atoms with Crippen molar-refractivity contribution in [3.05, 3.63) is 0 Å². The molecule has 0 aromatic rings.